The van der Waals surface area contributed by atoms with E-state index in [0.29, 0.717) is 24.0 Å². The molecule has 1 N–H and O–H groups in total. The molecule has 0 radical (unpaired) electrons. The Bertz CT molecular complexity index is 1480. The zero-order chi connectivity index (χ0) is 33.3. The monoisotopic (exact) mass is 626 g/mol. The van der Waals surface area contributed by atoms with Crippen LogP contribution in [0.5, 0.6) is 0 Å². The summed E-state index contributed by atoms with van der Waals surface area (Å²) in [4.78, 5) is 67.0. The van der Waals surface area contributed by atoms with Crippen molar-refractivity contribution in [1.82, 2.24) is 0 Å². The molecule has 4 aliphatic rings. The number of hydrogen-bond acceptors (Lipinski definition) is 11. The van der Waals surface area contributed by atoms with E-state index in [1.54, 1.807) is 46.8 Å². The molecule has 244 valence electrons. The van der Waals surface area contributed by atoms with Crippen molar-refractivity contribution >= 4 is 29.7 Å². The lowest BCUT2D eigenvalue weighted by Gasteiger charge is -2.66. The van der Waals surface area contributed by atoms with Crippen LogP contribution in [0.3, 0.4) is 0 Å². The quantitative estimate of drug-likeness (QED) is 0.209. The van der Waals surface area contributed by atoms with Gasteiger partial charge in [0.25, 0.3) is 0 Å². The van der Waals surface area contributed by atoms with Crippen LogP contribution in [0.4, 0.5) is 0 Å². The summed E-state index contributed by atoms with van der Waals surface area (Å²) in [5.74, 6) is -5.63. The topological polar surface area (TPSA) is 156 Å². The van der Waals surface area contributed by atoms with E-state index in [9.17, 15) is 29.1 Å². The van der Waals surface area contributed by atoms with Crippen LogP contribution >= 0.6 is 0 Å². The summed E-state index contributed by atoms with van der Waals surface area (Å²) in [6.07, 6.45) is 3.35. The summed E-state index contributed by atoms with van der Waals surface area (Å²) in [7, 11) is 1.16. The molecule has 5 rings (SSSR count). The Morgan fingerprint density at radius 1 is 1.11 bits per heavy atom. The highest BCUT2D eigenvalue weighted by Gasteiger charge is 2.76. The molecule has 1 aromatic rings. The molecule has 0 spiro atoms. The summed E-state index contributed by atoms with van der Waals surface area (Å²) in [6.45, 7) is 11.4. The molecule has 1 saturated heterocycles. The smallest absolute Gasteiger partial charge is 0.347 e. The van der Waals surface area contributed by atoms with Crippen LogP contribution < -0.4 is 0 Å². The molecule has 1 aromatic heterocycles. The van der Waals surface area contributed by atoms with Crippen molar-refractivity contribution in [2.45, 2.75) is 91.6 Å². The second-order valence-corrected chi connectivity index (χ2v) is 14.0. The first-order valence-electron chi connectivity index (χ1n) is 15.3. The van der Waals surface area contributed by atoms with Crippen molar-refractivity contribution in [2.24, 2.45) is 34.0 Å². The van der Waals surface area contributed by atoms with Crippen molar-refractivity contribution in [3.8, 4) is 0 Å². The van der Waals surface area contributed by atoms with Crippen molar-refractivity contribution < 1.29 is 52.4 Å². The lowest BCUT2D eigenvalue weighted by atomic mass is 9.39. The number of Topliss-reactive ketones (excluding diaryl/α,β-unsaturated/α-hetero) is 1. The Kier molecular flexibility index (Phi) is 7.95. The van der Waals surface area contributed by atoms with Crippen LogP contribution in [0.25, 0.3) is 0 Å². The van der Waals surface area contributed by atoms with E-state index in [1.165, 1.54) is 18.6 Å². The Balaban J connectivity index is 1.76. The first kappa shape index (κ1) is 32.7. The van der Waals surface area contributed by atoms with Crippen LogP contribution in [-0.2, 0) is 42.9 Å². The van der Waals surface area contributed by atoms with Gasteiger partial charge in [0.15, 0.2) is 11.4 Å². The third-order valence-electron chi connectivity index (χ3n) is 11.1. The van der Waals surface area contributed by atoms with Crippen LogP contribution in [0, 0.1) is 34.0 Å². The second-order valence-electron chi connectivity index (χ2n) is 14.0. The normalized spacial score (nSPS) is 37.7. The average molecular weight is 627 g/mol. The van der Waals surface area contributed by atoms with Gasteiger partial charge in [-0.05, 0) is 50.7 Å². The number of furan rings is 1. The molecule has 45 heavy (non-hydrogen) atoms. The van der Waals surface area contributed by atoms with Gasteiger partial charge in [-0.2, -0.15) is 0 Å². The molecule has 2 saturated carbocycles. The number of esters is 4. The van der Waals surface area contributed by atoms with Crippen molar-refractivity contribution in [3.05, 3.63) is 47.5 Å². The standard InChI is InChI=1S/C34H42O11/c1-9-17(2)27(37)45-30-31(4,5)25(24(28(38)41-8)43-18(3)35)33(7)21-10-12-32(6)22(20(21)15-34(30,40)29(33)39)14-23(36)44-26(32)19-11-13-42-16-19/h9,11,13,15-16,21-22,24-26,30,40H,10,12,14H2,1-8H3/b17-9+/t21-,22-,24+,25-,26-,30-,32+,33+,34-/m0/s1. The number of rotatable bonds is 6. The van der Waals surface area contributed by atoms with E-state index < -0.39 is 87.6 Å². The first-order chi connectivity index (χ1) is 21.0. The number of carbonyl (C=O) groups is 5. The molecule has 11 heteroatoms. The zero-order valence-electron chi connectivity index (χ0n) is 27.0. The van der Waals surface area contributed by atoms with Crippen molar-refractivity contribution in [2.75, 3.05) is 7.11 Å². The van der Waals surface area contributed by atoms with Gasteiger partial charge in [-0.25, -0.2) is 9.59 Å². The Hall–Kier alpha value is -3.73. The number of hydrogen-bond donors (Lipinski definition) is 1. The summed E-state index contributed by atoms with van der Waals surface area (Å²) < 4.78 is 27.9. The fourth-order valence-corrected chi connectivity index (χ4v) is 9.06. The minimum absolute atomic E-state index is 0.00585. The molecular weight excluding hydrogens is 584 g/mol. The molecule has 2 bridgehead atoms. The number of methoxy groups -OCH3 is 1. The number of ether oxygens (including phenoxy) is 4. The molecule has 3 aliphatic carbocycles. The van der Waals surface area contributed by atoms with E-state index >= 15 is 0 Å². The van der Waals surface area contributed by atoms with Gasteiger partial charge in [-0.15, -0.1) is 0 Å². The molecule has 0 aromatic carbocycles. The minimum atomic E-state index is -2.33. The third kappa shape index (κ3) is 4.68. The molecular formula is C34H42O11. The Morgan fingerprint density at radius 3 is 2.38 bits per heavy atom. The highest BCUT2D eigenvalue weighted by Crippen LogP contribution is 2.69. The zero-order valence-corrected chi connectivity index (χ0v) is 27.0. The van der Waals surface area contributed by atoms with Crippen molar-refractivity contribution in [1.29, 1.82) is 0 Å². The van der Waals surface area contributed by atoms with E-state index in [0.717, 1.165) is 14.0 Å². The second kappa shape index (κ2) is 11.0. The molecule has 3 fully saturated rings. The number of cyclic esters (lactones) is 1. The van der Waals surface area contributed by atoms with Gasteiger partial charge < -0.3 is 28.5 Å². The lowest BCUT2D eigenvalue weighted by Crippen LogP contribution is -2.76. The van der Waals surface area contributed by atoms with Gasteiger partial charge in [-0.3, -0.25) is 14.4 Å². The number of fused-ring (bicyclic) bond motifs is 6. The van der Waals surface area contributed by atoms with Crippen LogP contribution in [0.15, 0.2) is 46.3 Å². The predicted molar refractivity (Wildman–Crippen MR) is 157 cm³/mol. The van der Waals surface area contributed by atoms with Gasteiger partial charge in [0.2, 0.25) is 6.10 Å². The third-order valence-corrected chi connectivity index (χ3v) is 11.1. The van der Waals surface area contributed by atoms with Gasteiger partial charge >= 0.3 is 23.9 Å². The highest BCUT2D eigenvalue weighted by molar-refractivity contribution is 6.00. The highest BCUT2D eigenvalue weighted by atomic mass is 16.6. The Morgan fingerprint density at radius 2 is 1.80 bits per heavy atom. The van der Waals surface area contributed by atoms with E-state index in [4.69, 9.17) is 23.4 Å². The van der Waals surface area contributed by atoms with E-state index in [1.807, 2.05) is 6.92 Å². The molecule has 11 nitrogen and oxygen atoms in total. The number of allylic oxidation sites excluding steroid dienone is 2. The maximum Gasteiger partial charge on any atom is 0.347 e. The molecule has 9 atom stereocenters. The van der Waals surface area contributed by atoms with Gasteiger partial charge in [-0.1, -0.05) is 39.3 Å². The average Bonchev–Trinajstić information content (AvgIpc) is 3.51. The van der Waals surface area contributed by atoms with Gasteiger partial charge in [0, 0.05) is 40.2 Å². The fourth-order valence-electron chi connectivity index (χ4n) is 9.06. The van der Waals surface area contributed by atoms with Crippen molar-refractivity contribution in [3.63, 3.8) is 0 Å². The van der Waals surface area contributed by atoms with Gasteiger partial charge in [0.05, 0.1) is 26.1 Å². The SMILES string of the molecule is C/C=C(\C)C(=O)O[C@H]1C(C)(C)[C@H]([C@@H](OC(C)=O)C(=O)OC)[C@]2(C)C(=O)[C@@]1(O)C=C1[C@@H]3CC(=O)O[C@@H](c4ccoc4)[C@]3(C)CC[C@@H]12. The van der Waals surface area contributed by atoms with Crippen LogP contribution in [0.1, 0.15) is 79.4 Å². The van der Waals surface area contributed by atoms with Gasteiger partial charge in [0.1, 0.15) is 12.2 Å². The molecule has 2 heterocycles. The molecule has 1 aliphatic heterocycles. The lowest BCUT2D eigenvalue weighted by molar-refractivity contribution is -0.238. The summed E-state index contributed by atoms with van der Waals surface area (Å²) in [5.41, 5.74) is -4.20. The summed E-state index contributed by atoms with van der Waals surface area (Å²) in [6, 6.07) is 1.75. The maximum absolute atomic E-state index is 14.8. The van der Waals surface area contributed by atoms with E-state index in [-0.39, 0.29) is 12.0 Å². The fraction of sp³-hybridized carbons (Fsp3) is 0.618. The number of ketones is 1. The molecule has 0 unspecified atom stereocenters. The predicted octanol–water partition coefficient (Wildman–Crippen LogP) is 4.19. The summed E-state index contributed by atoms with van der Waals surface area (Å²) in [5, 5.41) is 12.6. The maximum atomic E-state index is 14.8. The largest absolute Gasteiger partial charge is 0.472 e. The number of aliphatic hydroxyl groups is 1. The van der Waals surface area contributed by atoms with Crippen LogP contribution in [-0.4, -0.2) is 59.7 Å². The molecule has 0 amide bonds. The van der Waals surface area contributed by atoms with Crippen LogP contribution in [0.2, 0.25) is 0 Å². The summed E-state index contributed by atoms with van der Waals surface area (Å²) >= 11 is 0. The number of carbonyl (C=O) groups excluding carboxylic acids is 5. The van der Waals surface area contributed by atoms with E-state index in [2.05, 4.69) is 0 Å². The first-order valence-corrected chi connectivity index (χ1v) is 15.3. The minimum Gasteiger partial charge on any atom is -0.472 e. The Labute approximate surface area is 262 Å².